The molecule has 1 nitrogen and oxygen atoms in total. The summed E-state index contributed by atoms with van der Waals surface area (Å²) in [5, 5.41) is 0. The van der Waals surface area contributed by atoms with Gasteiger partial charge in [0.1, 0.15) is 24.0 Å². The molecule has 2 aromatic carbocycles. The number of benzene rings is 2. The van der Waals surface area contributed by atoms with E-state index in [2.05, 4.69) is 24.6 Å². The summed E-state index contributed by atoms with van der Waals surface area (Å²) in [6, 6.07) is 18.1. The lowest BCUT2D eigenvalue weighted by atomic mass is 10.3. The Morgan fingerprint density at radius 1 is 0.750 bits per heavy atom. The van der Waals surface area contributed by atoms with Crippen LogP contribution in [0.5, 0.6) is 11.5 Å². The summed E-state index contributed by atoms with van der Waals surface area (Å²) in [6.45, 7) is 0. The topological polar surface area (TPSA) is 9.23 Å². The summed E-state index contributed by atoms with van der Waals surface area (Å²) in [7, 11) is 0.311. The Hall–Kier alpha value is -1.41. The van der Waals surface area contributed by atoms with Crippen LogP contribution in [0, 0.1) is 0 Å². The van der Waals surface area contributed by atoms with E-state index in [1.165, 1.54) is 4.90 Å². The first kappa shape index (κ1) is 11.1. The summed E-state index contributed by atoms with van der Waals surface area (Å²) >= 11 is 0. The van der Waals surface area contributed by atoms with E-state index in [1.54, 1.807) is 0 Å². The van der Waals surface area contributed by atoms with Crippen molar-refractivity contribution >= 4 is 10.9 Å². The van der Waals surface area contributed by atoms with Crippen LogP contribution in [0.4, 0.5) is 0 Å². The van der Waals surface area contributed by atoms with E-state index in [9.17, 15) is 0 Å². The maximum atomic E-state index is 5.72. The zero-order valence-corrected chi connectivity index (χ0v) is 10.3. The van der Waals surface area contributed by atoms with E-state index in [0.717, 1.165) is 11.5 Å². The molecule has 0 amide bonds. The number of hydrogen-bond donors (Lipinski definition) is 0. The molecule has 0 bridgehead atoms. The van der Waals surface area contributed by atoms with Crippen LogP contribution in [0.2, 0.25) is 0 Å². The minimum Gasteiger partial charge on any atom is -0.457 e. The molecular weight excluding hydrogens is 216 g/mol. The highest BCUT2D eigenvalue weighted by molar-refractivity contribution is 7.95. The molecule has 2 heteroatoms. The number of rotatable bonds is 3. The molecule has 2 rings (SSSR count). The number of ether oxygens (including phenoxy) is 1. The van der Waals surface area contributed by atoms with Crippen LogP contribution >= 0.6 is 0 Å². The van der Waals surface area contributed by atoms with Crippen molar-refractivity contribution in [1.29, 1.82) is 0 Å². The quantitative estimate of drug-likeness (QED) is 0.732. The average molecular weight is 231 g/mol. The van der Waals surface area contributed by atoms with Gasteiger partial charge in [0.15, 0.2) is 4.90 Å². The van der Waals surface area contributed by atoms with Crippen molar-refractivity contribution in [3.8, 4) is 11.5 Å². The molecule has 16 heavy (non-hydrogen) atoms. The van der Waals surface area contributed by atoms with Crippen LogP contribution in [0.1, 0.15) is 0 Å². The molecule has 0 saturated heterocycles. The smallest absolute Gasteiger partial charge is 0.154 e. The summed E-state index contributed by atoms with van der Waals surface area (Å²) in [5.74, 6) is 1.77. The fourth-order valence-electron chi connectivity index (χ4n) is 1.40. The molecule has 0 radical (unpaired) electrons. The second kappa shape index (κ2) is 5.08. The largest absolute Gasteiger partial charge is 0.457 e. The predicted molar refractivity (Wildman–Crippen MR) is 70.4 cm³/mol. The van der Waals surface area contributed by atoms with Gasteiger partial charge >= 0.3 is 0 Å². The number of para-hydroxylation sites is 1. The zero-order valence-electron chi connectivity index (χ0n) is 9.51. The monoisotopic (exact) mass is 231 g/mol. The van der Waals surface area contributed by atoms with E-state index in [4.69, 9.17) is 4.74 Å². The van der Waals surface area contributed by atoms with Gasteiger partial charge in [0.25, 0.3) is 0 Å². The molecule has 0 N–H and O–H groups in total. The normalized spacial score (nSPS) is 10.4. The molecule has 0 aliphatic carbocycles. The second-order valence-electron chi connectivity index (χ2n) is 3.70. The van der Waals surface area contributed by atoms with Gasteiger partial charge in [0, 0.05) is 10.9 Å². The Bertz CT molecular complexity index is 434. The molecule has 0 spiro atoms. The highest BCUT2D eigenvalue weighted by Gasteiger charge is 2.07. The molecule has 82 valence electrons. The van der Waals surface area contributed by atoms with E-state index in [-0.39, 0.29) is 0 Å². The summed E-state index contributed by atoms with van der Waals surface area (Å²) < 4.78 is 5.72. The fraction of sp³-hybridized carbons (Fsp3) is 0.143. The molecule has 0 aromatic heterocycles. The molecule has 0 saturated carbocycles. The SMILES string of the molecule is C[S+](C)c1ccc(Oc2ccccc2)cc1. The first-order valence-electron chi connectivity index (χ1n) is 5.16. The van der Waals surface area contributed by atoms with E-state index in [1.807, 2.05) is 42.5 Å². The predicted octanol–water partition coefficient (Wildman–Crippen LogP) is 3.72. The highest BCUT2D eigenvalue weighted by Crippen LogP contribution is 2.22. The van der Waals surface area contributed by atoms with Gasteiger partial charge in [-0.15, -0.1) is 0 Å². The highest BCUT2D eigenvalue weighted by atomic mass is 32.2. The van der Waals surface area contributed by atoms with E-state index < -0.39 is 0 Å². The standard InChI is InChI=1S/C14H15OS/c1-16(2)14-10-8-13(9-11-14)15-12-6-4-3-5-7-12/h3-11H,1-2H3/q+1. The van der Waals surface area contributed by atoms with Crippen molar-refractivity contribution in [1.82, 2.24) is 0 Å². The van der Waals surface area contributed by atoms with Crippen molar-refractivity contribution in [2.45, 2.75) is 4.90 Å². The van der Waals surface area contributed by atoms with Crippen molar-refractivity contribution in [2.75, 3.05) is 12.5 Å². The third-order valence-corrected chi connectivity index (χ3v) is 3.49. The molecular formula is C14H15OS+. The van der Waals surface area contributed by atoms with Crippen molar-refractivity contribution in [2.24, 2.45) is 0 Å². The lowest BCUT2D eigenvalue weighted by Crippen LogP contribution is -1.94. The van der Waals surface area contributed by atoms with Gasteiger partial charge in [-0.1, -0.05) is 18.2 Å². The van der Waals surface area contributed by atoms with Gasteiger partial charge in [0.05, 0.1) is 0 Å². The number of hydrogen-bond acceptors (Lipinski definition) is 1. The van der Waals surface area contributed by atoms with Crippen molar-refractivity contribution < 1.29 is 4.74 Å². The molecule has 0 heterocycles. The Morgan fingerprint density at radius 3 is 1.88 bits per heavy atom. The fourth-order valence-corrected chi connectivity index (χ4v) is 2.08. The maximum Gasteiger partial charge on any atom is 0.154 e. The summed E-state index contributed by atoms with van der Waals surface area (Å²) in [5.41, 5.74) is 0. The maximum absolute atomic E-state index is 5.72. The first-order chi connectivity index (χ1) is 7.75. The van der Waals surface area contributed by atoms with Crippen LogP contribution < -0.4 is 4.74 Å². The van der Waals surface area contributed by atoms with Crippen LogP contribution in [0.25, 0.3) is 0 Å². The van der Waals surface area contributed by atoms with Crippen LogP contribution in [0.3, 0.4) is 0 Å². The van der Waals surface area contributed by atoms with Crippen LogP contribution in [-0.2, 0) is 10.9 Å². The molecule has 0 aliphatic heterocycles. The third kappa shape index (κ3) is 2.80. The van der Waals surface area contributed by atoms with Gasteiger partial charge < -0.3 is 4.74 Å². The molecule has 0 fully saturated rings. The molecule has 2 aromatic rings. The Balaban J connectivity index is 2.11. The van der Waals surface area contributed by atoms with Crippen LogP contribution in [0.15, 0.2) is 59.5 Å². The van der Waals surface area contributed by atoms with Gasteiger partial charge in [-0.25, -0.2) is 0 Å². The minimum absolute atomic E-state index is 0.311. The Labute approximate surface area is 99.4 Å². The first-order valence-corrected chi connectivity index (χ1v) is 7.20. The lowest BCUT2D eigenvalue weighted by Gasteiger charge is -2.05. The average Bonchev–Trinajstić information content (AvgIpc) is 2.31. The molecule has 0 atom stereocenters. The summed E-state index contributed by atoms with van der Waals surface area (Å²) in [4.78, 5) is 1.36. The molecule has 0 aliphatic rings. The summed E-state index contributed by atoms with van der Waals surface area (Å²) in [6.07, 6.45) is 4.43. The Morgan fingerprint density at radius 2 is 1.31 bits per heavy atom. The van der Waals surface area contributed by atoms with E-state index in [0.29, 0.717) is 10.9 Å². The van der Waals surface area contributed by atoms with Gasteiger partial charge in [-0.05, 0) is 36.4 Å². The van der Waals surface area contributed by atoms with Gasteiger partial charge in [0.2, 0.25) is 0 Å². The van der Waals surface area contributed by atoms with Crippen molar-refractivity contribution in [3.63, 3.8) is 0 Å². The Kier molecular flexibility index (Phi) is 3.52. The van der Waals surface area contributed by atoms with Gasteiger partial charge in [-0.3, -0.25) is 0 Å². The van der Waals surface area contributed by atoms with Gasteiger partial charge in [-0.2, -0.15) is 0 Å². The minimum atomic E-state index is 0.311. The zero-order chi connectivity index (χ0) is 11.4. The lowest BCUT2D eigenvalue weighted by molar-refractivity contribution is 0.482. The van der Waals surface area contributed by atoms with E-state index >= 15 is 0 Å². The third-order valence-electron chi connectivity index (χ3n) is 2.27. The second-order valence-corrected chi connectivity index (χ2v) is 5.81. The van der Waals surface area contributed by atoms with Crippen LogP contribution in [-0.4, -0.2) is 12.5 Å². The van der Waals surface area contributed by atoms with Crippen molar-refractivity contribution in [3.05, 3.63) is 54.6 Å². The molecule has 0 unspecified atom stereocenters.